The number of rotatable bonds is 1. The molecular formula is C16H22N4OS. The molecule has 22 heavy (non-hydrogen) atoms. The molecule has 1 saturated heterocycles. The molecule has 1 fully saturated rings. The Labute approximate surface area is 133 Å². The fourth-order valence-corrected chi connectivity index (χ4v) is 4.79. The van der Waals surface area contributed by atoms with Crippen LogP contribution in [-0.4, -0.2) is 36.1 Å². The number of H-pyrrole nitrogens is 1. The third-order valence-corrected chi connectivity index (χ3v) is 5.89. The molecule has 0 saturated carbocycles. The summed E-state index contributed by atoms with van der Waals surface area (Å²) in [7, 11) is 0. The fraction of sp³-hybridized carbons (Fsp3) is 0.625. The van der Waals surface area contributed by atoms with Crippen LogP contribution in [0.2, 0.25) is 0 Å². The fourth-order valence-electron chi connectivity index (χ4n) is 3.54. The first-order chi connectivity index (χ1) is 10.8. The molecular weight excluding hydrogens is 296 g/mol. The topological polar surface area (TPSA) is 61.0 Å². The highest BCUT2D eigenvalue weighted by atomic mass is 32.1. The van der Waals surface area contributed by atoms with Gasteiger partial charge in [-0.25, -0.2) is 4.98 Å². The van der Waals surface area contributed by atoms with Gasteiger partial charge < -0.3 is 10.2 Å². The second-order valence-corrected chi connectivity index (χ2v) is 7.31. The van der Waals surface area contributed by atoms with Crippen molar-refractivity contribution < 1.29 is 0 Å². The summed E-state index contributed by atoms with van der Waals surface area (Å²) in [4.78, 5) is 25.0. The summed E-state index contributed by atoms with van der Waals surface area (Å²) in [5.41, 5.74) is 1.33. The predicted octanol–water partition coefficient (Wildman–Crippen LogP) is 2.05. The van der Waals surface area contributed by atoms with Gasteiger partial charge in [0.1, 0.15) is 4.83 Å². The molecule has 0 amide bonds. The van der Waals surface area contributed by atoms with E-state index in [1.807, 2.05) is 0 Å². The SMILES string of the molecule is O=c1[nH]c(N2CCCNCC2)nc2sc3c(c12)CCCCC3. The van der Waals surface area contributed by atoms with Crippen molar-refractivity contribution in [3.63, 3.8) is 0 Å². The highest BCUT2D eigenvalue weighted by molar-refractivity contribution is 7.18. The molecule has 0 unspecified atom stereocenters. The van der Waals surface area contributed by atoms with Gasteiger partial charge in [0.05, 0.1) is 5.39 Å². The minimum Gasteiger partial charge on any atom is -0.341 e. The van der Waals surface area contributed by atoms with Gasteiger partial charge in [0, 0.05) is 24.5 Å². The van der Waals surface area contributed by atoms with Crippen molar-refractivity contribution in [2.45, 2.75) is 38.5 Å². The summed E-state index contributed by atoms with van der Waals surface area (Å²) in [5, 5.41) is 4.25. The van der Waals surface area contributed by atoms with E-state index in [0.29, 0.717) is 0 Å². The van der Waals surface area contributed by atoms with Crippen molar-refractivity contribution in [2.75, 3.05) is 31.1 Å². The van der Waals surface area contributed by atoms with Crippen LogP contribution >= 0.6 is 11.3 Å². The van der Waals surface area contributed by atoms with Gasteiger partial charge in [0.25, 0.3) is 5.56 Å². The summed E-state index contributed by atoms with van der Waals surface area (Å²) in [6, 6.07) is 0. The van der Waals surface area contributed by atoms with E-state index in [1.54, 1.807) is 11.3 Å². The molecule has 5 nitrogen and oxygen atoms in total. The van der Waals surface area contributed by atoms with E-state index < -0.39 is 0 Å². The minimum atomic E-state index is 0.0524. The van der Waals surface area contributed by atoms with Crippen LogP contribution in [0, 0.1) is 0 Å². The zero-order valence-corrected chi connectivity index (χ0v) is 13.6. The molecule has 0 spiro atoms. The number of hydrogen-bond donors (Lipinski definition) is 2. The summed E-state index contributed by atoms with van der Waals surface area (Å²) in [6.07, 6.45) is 6.93. The first-order valence-corrected chi connectivity index (χ1v) is 9.15. The van der Waals surface area contributed by atoms with E-state index in [2.05, 4.69) is 15.2 Å². The van der Waals surface area contributed by atoms with E-state index >= 15 is 0 Å². The molecule has 2 aromatic heterocycles. The van der Waals surface area contributed by atoms with Crippen molar-refractivity contribution >= 4 is 27.5 Å². The average Bonchev–Trinajstić information content (AvgIpc) is 2.73. The lowest BCUT2D eigenvalue weighted by Gasteiger charge is -2.20. The average molecular weight is 318 g/mol. The van der Waals surface area contributed by atoms with Crippen LogP contribution in [0.1, 0.15) is 36.1 Å². The van der Waals surface area contributed by atoms with Gasteiger partial charge in [0.15, 0.2) is 0 Å². The Hall–Kier alpha value is -1.40. The lowest BCUT2D eigenvalue weighted by Crippen LogP contribution is -2.31. The second-order valence-electron chi connectivity index (χ2n) is 6.22. The van der Waals surface area contributed by atoms with Gasteiger partial charge in [-0.3, -0.25) is 9.78 Å². The largest absolute Gasteiger partial charge is 0.341 e. The van der Waals surface area contributed by atoms with Crippen LogP contribution in [0.5, 0.6) is 0 Å². The highest BCUT2D eigenvalue weighted by Crippen LogP contribution is 2.33. The van der Waals surface area contributed by atoms with Gasteiger partial charge in [-0.05, 0) is 44.2 Å². The summed E-state index contributed by atoms with van der Waals surface area (Å²) in [5.74, 6) is 0.748. The molecule has 0 bridgehead atoms. The number of fused-ring (bicyclic) bond motifs is 3. The van der Waals surface area contributed by atoms with Crippen molar-refractivity contribution in [1.82, 2.24) is 15.3 Å². The molecule has 0 radical (unpaired) electrons. The molecule has 2 aromatic rings. The molecule has 118 valence electrons. The Kier molecular flexibility index (Phi) is 3.88. The Balaban J connectivity index is 1.78. The Morgan fingerprint density at radius 1 is 1.05 bits per heavy atom. The first kappa shape index (κ1) is 14.2. The van der Waals surface area contributed by atoms with Crippen LogP contribution < -0.4 is 15.8 Å². The lowest BCUT2D eigenvalue weighted by atomic mass is 10.1. The molecule has 6 heteroatoms. The molecule has 1 aliphatic heterocycles. The number of aryl methyl sites for hydroxylation is 2. The van der Waals surface area contributed by atoms with Crippen LogP contribution in [0.15, 0.2) is 4.79 Å². The van der Waals surface area contributed by atoms with Crippen molar-refractivity contribution in [3.05, 3.63) is 20.8 Å². The maximum Gasteiger partial charge on any atom is 0.261 e. The molecule has 2 aliphatic rings. The lowest BCUT2D eigenvalue weighted by molar-refractivity contribution is 0.713. The Morgan fingerprint density at radius 2 is 1.95 bits per heavy atom. The number of aromatic nitrogens is 2. The smallest absolute Gasteiger partial charge is 0.261 e. The zero-order chi connectivity index (χ0) is 14.9. The normalized spacial score (nSPS) is 19.7. The van der Waals surface area contributed by atoms with Crippen molar-refractivity contribution in [2.24, 2.45) is 0 Å². The van der Waals surface area contributed by atoms with Crippen LogP contribution in [0.25, 0.3) is 10.2 Å². The molecule has 2 N–H and O–H groups in total. The maximum absolute atomic E-state index is 12.6. The standard InChI is InChI=1S/C16H22N4OS/c21-14-13-11-5-2-1-3-6-12(11)22-15(13)19-16(18-14)20-9-4-7-17-8-10-20/h17H,1-10H2,(H,18,19,21). The number of aromatic amines is 1. The highest BCUT2D eigenvalue weighted by Gasteiger charge is 2.20. The number of hydrogen-bond acceptors (Lipinski definition) is 5. The summed E-state index contributed by atoms with van der Waals surface area (Å²) in [6.45, 7) is 3.84. The zero-order valence-electron chi connectivity index (χ0n) is 12.8. The summed E-state index contributed by atoms with van der Waals surface area (Å²) >= 11 is 1.74. The molecule has 0 aromatic carbocycles. The number of thiophene rings is 1. The van der Waals surface area contributed by atoms with Gasteiger partial charge in [0.2, 0.25) is 5.95 Å². The van der Waals surface area contributed by atoms with E-state index in [1.165, 1.54) is 29.7 Å². The van der Waals surface area contributed by atoms with Crippen molar-refractivity contribution in [3.8, 4) is 0 Å². The summed E-state index contributed by atoms with van der Waals surface area (Å²) < 4.78 is 0. The molecule has 1 aliphatic carbocycles. The van der Waals surface area contributed by atoms with Gasteiger partial charge in [-0.1, -0.05) is 6.42 Å². The third-order valence-electron chi connectivity index (χ3n) is 4.70. The van der Waals surface area contributed by atoms with E-state index in [9.17, 15) is 4.79 Å². The number of anilines is 1. The Bertz CT molecular complexity index is 728. The van der Waals surface area contributed by atoms with Crippen molar-refractivity contribution in [1.29, 1.82) is 0 Å². The quantitative estimate of drug-likeness (QED) is 0.790. The maximum atomic E-state index is 12.6. The van der Waals surface area contributed by atoms with E-state index in [0.717, 1.165) is 61.6 Å². The monoisotopic (exact) mass is 318 g/mol. The second kappa shape index (κ2) is 6.01. The predicted molar refractivity (Wildman–Crippen MR) is 91.2 cm³/mol. The molecule has 4 rings (SSSR count). The number of nitrogens with zero attached hydrogens (tertiary/aromatic N) is 2. The van der Waals surface area contributed by atoms with Gasteiger partial charge in [-0.15, -0.1) is 11.3 Å². The van der Waals surface area contributed by atoms with Crippen LogP contribution in [-0.2, 0) is 12.8 Å². The number of nitrogens with one attached hydrogen (secondary N) is 2. The van der Waals surface area contributed by atoms with Crippen LogP contribution in [0.4, 0.5) is 5.95 Å². The Morgan fingerprint density at radius 3 is 2.91 bits per heavy atom. The first-order valence-electron chi connectivity index (χ1n) is 8.33. The van der Waals surface area contributed by atoms with Crippen LogP contribution in [0.3, 0.4) is 0 Å². The molecule has 3 heterocycles. The van der Waals surface area contributed by atoms with Gasteiger partial charge >= 0.3 is 0 Å². The van der Waals surface area contributed by atoms with E-state index in [4.69, 9.17) is 4.98 Å². The van der Waals surface area contributed by atoms with E-state index in [-0.39, 0.29) is 5.56 Å². The van der Waals surface area contributed by atoms with Gasteiger partial charge in [-0.2, -0.15) is 0 Å². The minimum absolute atomic E-state index is 0.0524. The third kappa shape index (κ3) is 2.54. The molecule has 0 atom stereocenters.